The molecule has 0 aliphatic rings. The molecular weight excluding hydrogens is 88.1 g/mol. The Hall–Kier alpha value is -0.330. The molecule has 0 aromatic heterocycles. The zero-order valence-corrected chi connectivity index (χ0v) is 4.68. The topological polar surface area (TPSA) is 17.1 Å². The Labute approximate surface area is 44.7 Å². The molecule has 0 saturated carbocycles. The lowest BCUT2D eigenvalue weighted by Crippen LogP contribution is -1.75. The number of unbranched alkanes of at least 4 members (excludes halogenated alkanes) is 3. The standard InChI is InChI=1S/C6H11O/c1-2-3-4-5-6-7/h4,6H,2-3,5H2,1H3. The van der Waals surface area contributed by atoms with Crippen molar-refractivity contribution in [2.75, 3.05) is 0 Å². The first kappa shape index (κ1) is 6.67. The van der Waals surface area contributed by atoms with Gasteiger partial charge in [-0.3, -0.25) is 0 Å². The third kappa shape index (κ3) is 5.67. The molecule has 1 nitrogen and oxygen atoms in total. The quantitative estimate of drug-likeness (QED) is 0.386. The number of rotatable bonds is 4. The van der Waals surface area contributed by atoms with Gasteiger partial charge in [-0.05, 0) is 6.42 Å². The zero-order valence-electron chi connectivity index (χ0n) is 4.68. The van der Waals surface area contributed by atoms with Crippen LogP contribution in [0.2, 0.25) is 0 Å². The molecule has 0 N–H and O–H groups in total. The maximum atomic E-state index is 9.65. The van der Waals surface area contributed by atoms with Crippen molar-refractivity contribution < 1.29 is 4.79 Å². The molecule has 0 aromatic rings. The number of aldehydes is 1. The molecule has 0 aliphatic heterocycles. The van der Waals surface area contributed by atoms with Crippen LogP contribution in [0, 0.1) is 6.42 Å². The van der Waals surface area contributed by atoms with E-state index in [0.29, 0.717) is 6.42 Å². The fourth-order valence-corrected chi connectivity index (χ4v) is 0.390. The smallest absolute Gasteiger partial charge is 0.120 e. The molecule has 0 spiro atoms. The summed E-state index contributed by atoms with van der Waals surface area (Å²) in [5.74, 6) is 0. The average molecular weight is 99.2 g/mol. The van der Waals surface area contributed by atoms with E-state index < -0.39 is 0 Å². The van der Waals surface area contributed by atoms with E-state index in [1.165, 1.54) is 0 Å². The van der Waals surface area contributed by atoms with Gasteiger partial charge in [0.25, 0.3) is 0 Å². The third-order valence-corrected chi connectivity index (χ3v) is 0.756. The Kier molecular flexibility index (Phi) is 5.40. The average Bonchev–Trinajstić information content (AvgIpc) is 1.69. The van der Waals surface area contributed by atoms with Crippen LogP contribution in [0.5, 0.6) is 0 Å². The molecule has 41 valence electrons. The molecule has 0 atom stereocenters. The second-order valence-electron chi connectivity index (χ2n) is 1.48. The summed E-state index contributed by atoms with van der Waals surface area (Å²) in [5.41, 5.74) is 0. The lowest BCUT2D eigenvalue weighted by atomic mass is 10.2. The van der Waals surface area contributed by atoms with Crippen molar-refractivity contribution in [1.29, 1.82) is 0 Å². The van der Waals surface area contributed by atoms with Gasteiger partial charge in [0.05, 0.1) is 0 Å². The van der Waals surface area contributed by atoms with Gasteiger partial charge in [-0.25, -0.2) is 0 Å². The van der Waals surface area contributed by atoms with Gasteiger partial charge in [0.1, 0.15) is 6.29 Å². The third-order valence-electron chi connectivity index (χ3n) is 0.756. The van der Waals surface area contributed by atoms with Gasteiger partial charge in [-0.2, -0.15) is 0 Å². The SMILES string of the molecule is CCC[CH]CC=O. The van der Waals surface area contributed by atoms with Gasteiger partial charge in [0.15, 0.2) is 0 Å². The highest BCUT2D eigenvalue weighted by Gasteiger charge is 1.80. The highest BCUT2D eigenvalue weighted by Crippen LogP contribution is 1.92. The highest BCUT2D eigenvalue weighted by molar-refractivity contribution is 5.50. The van der Waals surface area contributed by atoms with Crippen LogP contribution in [0.25, 0.3) is 0 Å². The van der Waals surface area contributed by atoms with E-state index in [2.05, 4.69) is 6.92 Å². The van der Waals surface area contributed by atoms with Crippen molar-refractivity contribution in [1.82, 2.24) is 0 Å². The van der Waals surface area contributed by atoms with Crippen LogP contribution in [0.3, 0.4) is 0 Å². The first-order valence-corrected chi connectivity index (χ1v) is 2.67. The molecule has 0 heterocycles. The Balaban J connectivity index is 2.56. The van der Waals surface area contributed by atoms with Gasteiger partial charge >= 0.3 is 0 Å². The summed E-state index contributed by atoms with van der Waals surface area (Å²) >= 11 is 0. The molecule has 0 rings (SSSR count). The summed E-state index contributed by atoms with van der Waals surface area (Å²) in [6.07, 6.45) is 5.75. The van der Waals surface area contributed by atoms with Crippen molar-refractivity contribution in [3.63, 3.8) is 0 Å². The minimum atomic E-state index is 0.619. The fourth-order valence-electron chi connectivity index (χ4n) is 0.390. The van der Waals surface area contributed by atoms with Gasteiger partial charge in [0.2, 0.25) is 0 Å². The molecule has 7 heavy (non-hydrogen) atoms. The number of carbonyl (C=O) groups is 1. The molecule has 0 amide bonds. The maximum Gasteiger partial charge on any atom is 0.120 e. The Morgan fingerprint density at radius 3 is 2.71 bits per heavy atom. The Bertz CT molecular complexity index is 41.4. The van der Waals surface area contributed by atoms with E-state index >= 15 is 0 Å². The highest BCUT2D eigenvalue weighted by atomic mass is 16.1. The first-order chi connectivity index (χ1) is 3.41. The summed E-state index contributed by atoms with van der Waals surface area (Å²) in [6.45, 7) is 2.10. The van der Waals surface area contributed by atoms with E-state index in [4.69, 9.17) is 0 Å². The van der Waals surface area contributed by atoms with E-state index in [-0.39, 0.29) is 0 Å². The van der Waals surface area contributed by atoms with Crippen LogP contribution < -0.4 is 0 Å². The van der Waals surface area contributed by atoms with Crippen molar-refractivity contribution in [3.8, 4) is 0 Å². The van der Waals surface area contributed by atoms with Crippen LogP contribution >= 0.6 is 0 Å². The minimum Gasteiger partial charge on any atom is -0.303 e. The number of hydrogen-bond donors (Lipinski definition) is 0. The van der Waals surface area contributed by atoms with E-state index in [0.717, 1.165) is 19.1 Å². The van der Waals surface area contributed by atoms with Gasteiger partial charge in [-0.1, -0.05) is 19.8 Å². The van der Waals surface area contributed by atoms with Crippen molar-refractivity contribution >= 4 is 6.29 Å². The van der Waals surface area contributed by atoms with Crippen LogP contribution in [-0.4, -0.2) is 6.29 Å². The van der Waals surface area contributed by atoms with Crippen LogP contribution in [0.4, 0.5) is 0 Å². The normalized spacial score (nSPS) is 8.71. The van der Waals surface area contributed by atoms with Crippen LogP contribution in [0.1, 0.15) is 26.2 Å². The van der Waals surface area contributed by atoms with Crippen molar-refractivity contribution in [2.24, 2.45) is 0 Å². The van der Waals surface area contributed by atoms with Gasteiger partial charge in [-0.15, -0.1) is 0 Å². The molecule has 0 aromatic carbocycles. The second kappa shape index (κ2) is 5.67. The van der Waals surface area contributed by atoms with Gasteiger partial charge < -0.3 is 4.79 Å². The Morgan fingerprint density at radius 1 is 1.57 bits per heavy atom. The molecule has 0 fully saturated rings. The van der Waals surface area contributed by atoms with E-state index in [9.17, 15) is 4.79 Å². The number of carbonyl (C=O) groups excluding carboxylic acids is 1. The number of hydrogen-bond acceptors (Lipinski definition) is 1. The summed E-state index contributed by atoms with van der Waals surface area (Å²) in [7, 11) is 0. The molecule has 0 unspecified atom stereocenters. The van der Waals surface area contributed by atoms with Crippen molar-refractivity contribution in [2.45, 2.75) is 26.2 Å². The molecular formula is C6H11O. The molecule has 1 radical (unpaired) electrons. The summed E-state index contributed by atoms with van der Waals surface area (Å²) in [5, 5.41) is 0. The minimum absolute atomic E-state index is 0.619. The fraction of sp³-hybridized carbons (Fsp3) is 0.667. The lowest BCUT2D eigenvalue weighted by Gasteiger charge is -1.85. The zero-order chi connectivity index (χ0) is 5.54. The predicted octanol–water partition coefficient (Wildman–Crippen LogP) is 1.58. The van der Waals surface area contributed by atoms with Crippen LogP contribution in [-0.2, 0) is 4.79 Å². The monoisotopic (exact) mass is 99.1 g/mol. The molecule has 1 heteroatoms. The molecule has 0 aliphatic carbocycles. The second-order valence-corrected chi connectivity index (χ2v) is 1.48. The van der Waals surface area contributed by atoms with Crippen LogP contribution in [0.15, 0.2) is 0 Å². The summed E-state index contributed by atoms with van der Waals surface area (Å²) in [6, 6.07) is 0. The molecule has 0 bridgehead atoms. The van der Waals surface area contributed by atoms with E-state index in [1.807, 2.05) is 6.42 Å². The molecule has 0 saturated heterocycles. The predicted molar refractivity (Wildman–Crippen MR) is 29.9 cm³/mol. The first-order valence-electron chi connectivity index (χ1n) is 2.67. The maximum absolute atomic E-state index is 9.65. The largest absolute Gasteiger partial charge is 0.303 e. The lowest BCUT2D eigenvalue weighted by molar-refractivity contribution is -0.107. The van der Waals surface area contributed by atoms with Crippen molar-refractivity contribution in [3.05, 3.63) is 6.42 Å². The van der Waals surface area contributed by atoms with Gasteiger partial charge in [0, 0.05) is 6.42 Å². The van der Waals surface area contributed by atoms with E-state index in [1.54, 1.807) is 0 Å². The summed E-state index contributed by atoms with van der Waals surface area (Å²) in [4.78, 5) is 9.65. The Morgan fingerprint density at radius 2 is 2.29 bits per heavy atom. The summed E-state index contributed by atoms with van der Waals surface area (Å²) < 4.78 is 0.